The van der Waals surface area contributed by atoms with Gasteiger partial charge in [-0.05, 0) is 35.6 Å². The zero-order valence-corrected chi connectivity index (χ0v) is 24.1. The summed E-state index contributed by atoms with van der Waals surface area (Å²) in [6.45, 7) is 2.61. The lowest BCUT2D eigenvalue weighted by molar-refractivity contribution is -0.0364. The van der Waals surface area contributed by atoms with Crippen molar-refractivity contribution >= 4 is 34.4 Å². The van der Waals surface area contributed by atoms with E-state index in [-0.39, 0.29) is 17.6 Å². The number of aromatic nitrogens is 4. The van der Waals surface area contributed by atoms with Gasteiger partial charge in [-0.25, -0.2) is 4.98 Å². The Morgan fingerprint density at radius 3 is 2.54 bits per heavy atom. The molecular weight excluding hydrogens is 540 g/mol. The van der Waals surface area contributed by atoms with Crippen LogP contribution < -0.4 is 17.0 Å². The molecule has 0 radical (unpaired) electrons. The van der Waals surface area contributed by atoms with Crippen molar-refractivity contribution in [2.45, 2.75) is 38.1 Å². The lowest BCUT2D eigenvalue weighted by Crippen LogP contribution is -2.47. The topological polar surface area (TPSA) is 141 Å². The number of piperidine rings is 1. The zero-order valence-electron chi connectivity index (χ0n) is 23.3. The number of nitrogens with two attached hydrogens (primary N) is 2. The molecule has 5 rings (SSSR count). The fourth-order valence-electron chi connectivity index (χ4n) is 5.38. The second-order valence-electron chi connectivity index (χ2n) is 10.6. The van der Waals surface area contributed by atoms with E-state index in [2.05, 4.69) is 20.0 Å². The molecule has 2 aromatic heterocycles. The van der Waals surface area contributed by atoms with E-state index >= 15 is 0 Å². The molecule has 3 heterocycles. The van der Waals surface area contributed by atoms with Crippen molar-refractivity contribution in [3.63, 3.8) is 0 Å². The number of aliphatic imine (C=N–C) groups is 1. The predicted molar refractivity (Wildman–Crippen MR) is 164 cm³/mol. The Kier molecular flexibility index (Phi) is 8.37. The third-order valence-corrected chi connectivity index (χ3v) is 8.11. The van der Waals surface area contributed by atoms with Crippen LogP contribution in [0.25, 0.3) is 27.9 Å². The van der Waals surface area contributed by atoms with Gasteiger partial charge < -0.3 is 16.6 Å². The summed E-state index contributed by atoms with van der Waals surface area (Å²) >= 11 is 6.60. The summed E-state index contributed by atoms with van der Waals surface area (Å²) in [6.07, 6.45) is 5.76. The highest BCUT2D eigenvalue weighted by molar-refractivity contribution is 6.31. The lowest BCUT2D eigenvalue weighted by atomic mass is 9.91. The minimum atomic E-state index is -1.03. The van der Waals surface area contributed by atoms with E-state index in [1.807, 2.05) is 42.5 Å². The van der Waals surface area contributed by atoms with Crippen LogP contribution in [0.2, 0.25) is 5.02 Å². The van der Waals surface area contributed by atoms with Crippen LogP contribution in [0.3, 0.4) is 0 Å². The number of rotatable bonds is 8. The molecule has 0 unspecified atom stereocenters. The molecule has 0 aliphatic carbocycles. The Hall–Kier alpha value is -3.83. The largest absolute Gasteiger partial charge is 0.404 e. The van der Waals surface area contributed by atoms with Crippen LogP contribution >= 0.6 is 11.6 Å². The van der Waals surface area contributed by atoms with Crippen LogP contribution in [-0.4, -0.2) is 61.3 Å². The molecule has 1 fully saturated rings. The third kappa shape index (κ3) is 5.96. The fourth-order valence-corrected chi connectivity index (χ4v) is 5.62. The summed E-state index contributed by atoms with van der Waals surface area (Å²) in [7, 11) is 3.49. The van der Waals surface area contributed by atoms with E-state index in [0.717, 1.165) is 33.5 Å². The van der Waals surface area contributed by atoms with Gasteiger partial charge in [0.2, 0.25) is 0 Å². The summed E-state index contributed by atoms with van der Waals surface area (Å²) < 4.78 is 3.15. The summed E-state index contributed by atoms with van der Waals surface area (Å²) in [4.78, 5) is 24.3. The number of hydrogen-bond acceptors (Lipinski definition) is 8. The zero-order chi connectivity index (χ0) is 29.1. The van der Waals surface area contributed by atoms with Gasteiger partial charge in [-0.15, -0.1) is 0 Å². The highest BCUT2D eigenvalue weighted by atomic mass is 35.5. The molecule has 1 saturated heterocycles. The SMILES string of the molecule is CN=CC(=CN)c1ccc(CN2CCC(O)(Cn3cnc4c(-c5ccc(CN)cc5)n(C)nc4c3=O)CC2)c(Cl)c1. The number of benzene rings is 2. The minimum absolute atomic E-state index is 0.155. The molecular formula is C30H35ClN8O2. The van der Waals surface area contributed by atoms with Crippen molar-refractivity contribution in [2.75, 3.05) is 20.1 Å². The first-order valence-corrected chi connectivity index (χ1v) is 13.9. The fraction of sp³-hybridized carbons (Fsp3) is 0.333. The van der Waals surface area contributed by atoms with Gasteiger partial charge in [0, 0.05) is 68.8 Å². The van der Waals surface area contributed by atoms with Crippen molar-refractivity contribution in [3.8, 4) is 11.3 Å². The first-order chi connectivity index (χ1) is 19.7. The predicted octanol–water partition coefficient (Wildman–Crippen LogP) is 2.94. The van der Waals surface area contributed by atoms with E-state index in [1.165, 1.54) is 17.1 Å². The van der Waals surface area contributed by atoms with Crippen molar-refractivity contribution < 1.29 is 5.11 Å². The number of hydrogen-bond donors (Lipinski definition) is 3. The molecule has 214 valence electrons. The lowest BCUT2D eigenvalue weighted by Gasteiger charge is -2.38. The molecule has 1 aliphatic rings. The van der Waals surface area contributed by atoms with Gasteiger partial charge in [0.05, 0.1) is 24.2 Å². The van der Waals surface area contributed by atoms with Crippen molar-refractivity contribution in [1.82, 2.24) is 24.2 Å². The molecule has 41 heavy (non-hydrogen) atoms. The Morgan fingerprint density at radius 2 is 1.90 bits per heavy atom. The van der Waals surface area contributed by atoms with Gasteiger partial charge in [-0.1, -0.05) is 48.0 Å². The summed E-state index contributed by atoms with van der Waals surface area (Å²) in [6, 6.07) is 13.7. The molecule has 0 spiro atoms. The van der Waals surface area contributed by atoms with Gasteiger partial charge in [0.1, 0.15) is 5.52 Å². The van der Waals surface area contributed by atoms with Crippen LogP contribution in [0.15, 0.2) is 64.8 Å². The molecule has 2 aromatic carbocycles. The maximum absolute atomic E-state index is 13.4. The van der Waals surface area contributed by atoms with Crippen molar-refractivity contribution in [1.29, 1.82) is 0 Å². The Labute approximate surface area is 243 Å². The van der Waals surface area contributed by atoms with Crippen LogP contribution in [-0.2, 0) is 26.7 Å². The molecule has 10 nitrogen and oxygen atoms in total. The first-order valence-electron chi connectivity index (χ1n) is 13.5. The number of likely N-dealkylation sites (tertiary alicyclic amines) is 1. The molecule has 0 saturated carbocycles. The normalized spacial score (nSPS) is 16.2. The van der Waals surface area contributed by atoms with Gasteiger partial charge >= 0.3 is 0 Å². The highest BCUT2D eigenvalue weighted by Crippen LogP contribution is 2.29. The minimum Gasteiger partial charge on any atom is -0.404 e. The number of allylic oxidation sites excluding steroid dienone is 1. The Morgan fingerprint density at radius 1 is 1.17 bits per heavy atom. The smallest absolute Gasteiger partial charge is 0.281 e. The average molecular weight is 575 g/mol. The Bertz CT molecular complexity index is 1660. The van der Waals surface area contributed by atoms with Crippen LogP contribution in [0.1, 0.15) is 29.5 Å². The third-order valence-electron chi connectivity index (χ3n) is 7.75. The molecule has 11 heteroatoms. The number of nitrogens with zero attached hydrogens (tertiary/aromatic N) is 6. The van der Waals surface area contributed by atoms with Crippen molar-refractivity contribution in [3.05, 3.63) is 87.1 Å². The van der Waals surface area contributed by atoms with E-state index in [4.69, 9.17) is 23.1 Å². The maximum atomic E-state index is 13.4. The van der Waals surface area contributed by atoms with Crippen molar-refractivity contribution in [2.24, 2.45) is 23.5 Å². The van der Waals surface area contributed by atoms with Gasteiger partial charge in [-0.2, -0.15) is 5.10 Å². The highest BCUT2D eigenvalue weighted by Gasteiger charge is 2.33. The molecule has 0 amide bonds. The number of fused-ring (bicyclic) bond motifs is 1. The van der Waals surface area contributed by atoms with E-state index < -0.39 is 5.60 Å². The number of halogens is 1. The summed E-state index contributed by atoms with van der Waals surface area (Å²) in [5, 5.41) is 16.6. The quantitative estimate of drug-likeness (QED) is 0.275. The van der Waals surface area contributed by atoms with Crippen LogP contribution in [0.4, 0.5) is 0 Å². The van der Waals surface area contributed by atoms with E-state index in [9.17, 15) is 9.90 Å². The van der Waals surface area contributed by atoms with Gasteiger partial charge in [0.15, 0.2) is 5.52 Å². The maximum Gasteiger partial charge on any atom is 0.281 e. The van der Waals surface area contributed by atoms with Crippen LogP contribution in [0, 0.1) is 0 Å². The Balaban J connectivity index is 1.27. The van der Waals surface area contributed by atoms with E-state index in [0.29, 0.717) is 49.6 Å². The average Bonchev–Trinajstić information content (AvgIpc) is 3.32. The van der Waals surface area contributed by atoms with Gasteiger partial charge in [-0.3, -0.25) is 23.9 Å². The standard InChI is InChI=1S/C30H35ClN8O2/c1-34-16-24(15-33)22-7-8-23(25(31)13-22)17-38-11-9-30(41,10-12-38)18-39-19-35-26-27(29(39)40)36-37(2)28(26)21-5-3-20(14-32)4-6-21/h3-8,13,15-16,19,41H,9-12,14,17-18,32-33H2,1-2H3. The first kappa shape index (κ1) is 28.7. The monoisotopic (exact) mass is 574 g/mol. The van der Waals surface area contributed by atoms with Crippen LogP contribution in [0.5, 0.6) is 0 Å². The molecule has 5 N–H and O–H groups in total. The summed E-state index contributed by atoms with van der Waals surface area (Å²) in [5.74, 6) is 0. The molecule has 4 aromatic rings. The molecule has 0 atom stereocenters. The summed E-state index contributed by atoms with van der Waals surface area (Å²) in [5.41, 5.74) is 16.4. The second kappa shape index (κ2) is 12.0. The number of aliphatic hydroxyl groups is 1. The molecule has 1 aliphatic heterocycles. The van der Waals surface area contributed by atoms with E-state index in [1.54, 1.807) is 25.0 Å². The second-order valence-corrected chi connectivity index (χ2v) is 11.0. The molecule has 0 bridgehead atoms. The number of aryl methyl sites for hydroxylation is 1. The van der Waals surface area contributed by atoms with Gasteiger partial charge in [0.25, 0.3) is 5.56 Å².